The topological polar surface area (TPSA) is 102 Å². The lowest BCUT2D eigenvalue weighted by atomic mass is 10.2. The number of carbonyl (C=O) groups is 2. The molecule has 1 amide bonds. The molecule has 0 bridgehead atoms. The van der Waals surface area contributed by atoms with E-state index in [0.717, 1.165) is 0 Å². The lowest BCUT2D eigenvalue weighted by molar-refractivity contribution is -0.139. The van der Waals surface area contributed by atoms with Crippen LogP contribution in [0.3, 0.4) is 0 Å². The fourth-order valence-corrected chi connectivity index (χ4v) is 2.33. The Morgan fingerprint density at radius 2 is 2.04 bits per heavy atom. The first-order valence-electron chi connectivity index (χ1n) is 6.98. The average Bonchev–Trinajstić information content (AvgIpc) is 3.00. The van der Waals surface area contributed by atoms with Gasteiger partial charge in [0.15, 0.2) is 17.2 Å². The monoisotopic (exact) mass is 372 g/mol. The van der Waals surface area contributed by atoms with Crippen LogP contribution in [0.5, 0.6) is 5.75 Å². The van der Waals surface area contributed by atoms with Crippen LogP contribution in [0.4, 0.5) is 0 Å². The van der Waals surface area contributed by atoms with Crippen molar-refractivity contribution in [3.8, 4) is 5.75 Å². The predicted molar refractivity (Wildman–Crippen MR) is 86.5 cm³/mol. The first-order valence-corrected chi connectivity index (χ1v) is 7.74. The normalized spacial score (nSPS) is 11.8. The molecule has 9 heteroatoms. The van der Waals surface area contributed by atoms with E-state index in [1.165, 1.54) is 6.07 Å². The van der Waals surface area contributed by atoms with Crippen molar-refractivity contribution in [3.05, 3.63) is 45.8 Å². The van der Waals surface area contributed by atoms with Crippen molar-refractivity contribution in [2.24, 2.45) is 0 Å². The maximum atomic E-state index is 11.9. The molecule has 0 aliphatic rings. The number of halogens is 2. The summed E-state index contributed by atoms with van der Waals surface area (Å²) in [6.45, 7) is 1.61. The molecule has 2 N–H and O–H groups in total. The molecule has 0 aliphatic heterocycles. The van der Waals surface area contributed by atoms with Crippen molar-refractivity contribution in [2.75, 3.05) is 0 Å². The highest BCUT2D eigenvalue weighted by molar-refractivity contribution is 6.37. The maximum absolute atomic E-state index is 11.9. The number of hydrogen-bond donors (Lipinski definition) is 2. The minimum Gasteiger partial charge on any atom is -0.482 e. The molecule has 0 saturated carbocycles. The Morgan fingerprint density at radius 1 is 1.38 bits per heavy atom. The molecule has 7 nitrogen and oxygen atoms in total. The van der Waals surface area contributed by atoms with Crippen LogP contribution in [0.2, 0.25) is 10.0 Å². The molecule has 0 radical (unpaired) electrons. The van der Waals surface area contributed by atoms with Crippen LogP contribution in [-0.4, -0.2) is 28.2 Å². The molecule has 0 spiro atoms. The Bertz CT molecular complexity index is 727. The summed E-state index contributed by atoms with van der Waals surface area (Å²) in [6.07, 6.45) is 0.250. The largest absolute Gasteiger partial charge is 0.482 e. The van der Waals surface area contributed by atoms with E-state index in [1.54, 1.807) is 25.1 Å². The number of carboxylic acid groups (broad SMARTS) is 1. The van der Waals surface area contributed by atoms with E-state index < -0.39 is 17.9 Å². The summed E-state index contributed by atoms with van der Waals surface area (Å²) in [5.41, 5.74) is -0.0430. The van der Waals surface area contributed by atoms with Gasteiger partial charge in [0, 0.05) is 6.07 Å². The first kappa shape index (κ1) is 18.1. The van der Waals surface area contributed by atoms with Crippen molar-refractivity contribution < 1.29 is 24.0 Å². The van der Waals surface area contributed by atoms with Gasteiger partial charge in [-0.2, -0.15) is 0 Å². The molecule has 0 aliphatic carbocycles. The zero-order valence-electron chi connectivity index (χ0n) is 12.6. The molecule has 128 valence electrons. The van der Waals surface area contributed by atoms with Gasteiger partial charge in [0.25, 0.3) is 5.91 Å². The quantitative estimate of drug-likeness (QED) is 0.773. The fraction of sp³-hybridized carbons (Fsp3) is 0.267. The second kappa shape index (κ2) is 8.03. The summed E-state index contributed by atoms with van der Waals surface area (Å²) in [4.78, 5) is 22.9. The van der Waals surface area contributed by atoms with Gasteiger partial charge in [-0.25, -0.2) is 4.79 Å². The Balaban J connectivity index is 2.00. The van der Waals surface area contributed by atoms with Crippen molar-refractivity contribution in [1.82, 2.24) is 10.5 Å². The van der Waals surface area contributed by atoms with Gasteiger partial charge in [-0.05, 0) is 18.6 Å². The summed E-state index contributed by atoms with van der Waals surface area (Å²) >= 11 is 12.0. The second-order valence-electron chi connectivity index (χ2n) is 4.79. The summed E-state index contributed by atoms with van der Waals surface area (Å²) in [7, 11) is 0. The van der Waals surface area contributed by atoms with Gasteiger partial charge in [-0.3, -0.25) is 4.79 Å². The van der Waals surface area contributed by atoms with E-state index in [9.17, 15) is 9.59 Å². The van der Waals surface area contributed by atoms with Crippen LogP contribution in [0, 0.1) is 0 Å². The number of carboxylic acids is 1. The number of hydrogen-bond acceptors (Lipinski definition) is 5. The first-order chi connectivity index (χ1) is 11.4. The lowest BCUT2D eigenvalue weighted by Crippen LogP contribution is -2.40. The average molecular weight is 373 g/mol. The number of rotatable bonds is 7. The molecular formula is C15H14Cl2N2O5. The Hall–Kier alpha value is -2.25. The van der Waals surface area contributed by atoms with E-state index >= 15 is 0 Å². The minimum atomic E-state index is -1.12. The van der Waals surface area contributed by atoms with Crippen LogP contribution in [0.1, 0.15) is 29.6 Å². The lowest BCUT2D eigenvalue weighted by Gasteiger charge is -2.10. The molecule has 1 atom stereocenters. The SMILES string of the molecule is CCC(NC(=O)c1cc(COc2c(Cl)cccc2Cl)on1)C(=O)O. The van der Waals surface area contributed by atoms with Gasteiger partial charge in [-0.15, -0.1) is 0 Å². The molecule has 0 saturated heterocycles. The Morgan fingerprint density at radius 3 is 2.62 bits per heavy atom. The molecule has 1 aromatic carbocycles. The van der Waals surface area contributed by atoms with Crippen molar-refractivity contribution in [2.45, 2.75) is 26.0 Å². The number of benzene rings is 1. The van der Waals surface area contributed by atoms with Gasteiger partial charge in [-0.1, -0.05) is 41.3 Å². The van der Waals surface area contributed by atoms with Crippen LogP contribution >= 0.6 is 23.2 Å². The Kier molecular flexibility index (Phi) is 6.05. The van der Waals surface area contributed by atoms with E-state index in [2.05, 4.69) is 10.5 Å². The van der Waals surface area contributed by atoms with Gasteiger partial charge in [0.1, 0.15) is 12.6 Å². The Labute approximate surface area is 147 Å². The number of nitrogens with zero attached hydrogens (tertiary/aromatic N) is 1. The number of amides is 1. The van der Waals surface area contributed by atoms with Crippen molar-refractivity contribution >= 4 is 35.1 Å². The van der Waals surface area contributed by atoms with Gasteiger partial charge in [0.2, 0.25) is 0 Å². The predicted octanol–water partition coefficient (Wildman–Crippen LogP) is 3.15. The third-order valence-corrected chi connectivity index (χ3v) is 3.68. The third-order valence-electron chi connectivity index (χ3n) is 3.08. The number of aliphatic carboxylic acids is 1. The second-order valence-corrected chi connectivity index (χ2v) is 5.60. The molecule has 2 aromatic rings. The standard InChI is InChI=1S/C15H14Cl2N2O5/c1-2-11(15(21)22)18-14(20)12-6-8(24-19-12)7-23-13-9(16)4-3-5-10(13)17/h3-6,11H,2,7H2,1H3,(H,18,20)(H,21,22). The van der Waals surface area contributed by atoms with Crippen molar-refractivity contribution in [1.29, 1.82) is 0 Å². The van der Waals surface area contributed by atoms with Crippen LogP contribution < -0.4 is 10.1 Å². The molecule has 1 unspecified atom stereocenters. The smallest absolute Gasteiger partial charge is 0.326 e. The zero-order valence-corrected chi connectivity index (χ0v) is 14.1. The van der Waals surface area contributed by atoms with Gasteiger partial charge < -0.3 is 19.7 Å². The number of nitrogens with one attached hydrogen (secondary N) is 1. The van der Waals surface area contributed by atoms with E-state index in [1.807, 2.05) is 0 Å². The highest BCUT2D eigenvalue weighted by atomic mass is 35.5. The number of carbonyl (C=O) groups excluding carboxylic acids is 1. The summed E-state index contributed by atoms with van der Waals surface area (Å²) in [6, 6.07) is 5.30. The van der Waals surface area contributed by atoms with Gasteiger partial charge in [0.05, 0.1) is 10.0 Å². The molecule has 2 rings (SSSR count). The highest BCUT2D eigenvalue weighted by Gasteiger charge is 2.21. The van der Waals surface area contributed by atoms with Crippen LogP contribution in [0.25, 0.3) is 0 Å². The van der Waals surface area contributed by atoms with Crippen molar-refractivity contribution in [3.63, 3.8) is 0 Å². The van der Waals surface area contributed by atoms with Crippen LogP contribution in [-0.2, 0) is 11.4 Å². The molecule has 1 heterocycles. The number of ether oxygens (including phenoxy) is 1. The van der Waals surface area contributed by atoms with E-state index in [-0.39, 0.29) is 24.5 Å². The zero-order chi connectivity index (χ0) is 17.7. The summed E-state index contributed by atoms with van der Waals surface area (Å²) in [5, 5.41) is 15.6. The summed E-state index contributed by atoms with van der Waals surface area (Å²) < 4.78 is 10.5. The highest BCUT2D eigenvalue weighted by Crippen LogP contribution is 2.32. The third kappa shape index (κ3) is 4.39. The fourth-order valence-electron chi connectivity index (χ4n) is 1.82. The van der Waals surface area contributed by atoms with E-state index in [0.29, 0.717) is 15.8 Å². The van der Waals surface area contributed by atoms with Gasteiger partial charge >= 0.3 is 5.97 Å². The number of para-hydroxylation sites is 1. The number of aromatic nitrogens is 1. The molecular weight excluding hydrogens is 359 g/mol. The van der Waals surface area contributed by atoms with Crippen LogP contribution in [0.15, 0.2) is 28.8 Å². The minimum absolute atomic E-state index is 0.0418. The molecule has 0 fully saturated rings. The molecule has 24 heavy (non-hydrogen) atoms. The molecule has 1 aromatic heterocycles. The maximum Gasteiger partial charge on any atom is 0.326 e. The summed E-state index contributed by atoms with van der Waals surface area (Å²) in [5.74, 6) is -1.21. The van der Waals surface area contributed by atoms with E-state index in [4.69, 9.17) is 37.6 Å².